The van der Waals surface area contributed by atoms with Crippen LogP contribution in [0.5, 0.6) is 0 Å². The summed E-state index contributed by atoms with van der Waals surface area (Å²) in [6.45, 7) is -1.46. The maximum atomic E-state index is 12.6. The first-order chi connectivity index (χ1) is 14.2. The van der Waals surface area contributed by atoms with Crippen LogP contribution in [0.1, 0.15) is 28.1 Å². The van der Waals surface area contributed by atoms with Gasteiger partial charge in [0.05, 0.1) is 10.6 Å². The van der Waals surface area contributed by atoms with Gasteiger partial charge in [-0.05, 0) is 74.6 Å². The highest BCUT2D eigenvalue weighted by molar-refractivity contribution is 7.91. The molecule has 0 unspecified atom stereocenters. The molecule has 1 N–H and O–H groups in total. The van der Waals surface area contributed by atoms with Gasteiger partial charge in [-0.1, -0.05) is 24.3 Å². The number of aromatic nitrogens is 1. The summed E-state index contributed by atoms with van der Waals surface area (Å²) in [5, 5.41) is 1.04. The van der Waals surface area contributed by atoms with E-state index in [2.05, 4.69) is 4.98 Å². The zero-order valence-electron chi connectivity index (χ0n) is 18.2. The normalized spacial score (nSPS) is 20.4. The lowest BCUT2D eigenvalue weighted by Gasteiger charge is -2.18. The Hall–Kier alpha value is -2.11. The van der Waals surface area contributed by atoms with Crippen molar-refractivity contribution in [3.8, 4) is 0 Å². The first-order valence-corrected chi connectivity index (χ1v) is 11.0. The minimum absolute atomic E-state index is 0.00128. The molecular weight excluding hydrogens is 356 g/mol. The van der Waals surface area contributed by atoms with Crippen molar-refractivity contribution in [1.82, 2.24) is 9.88 Å². The molecule has 2 heterocycles. The second-order valence-corrected chi connectivity index (χ2v) is 9.38. The van der Waals surface area contributed by atoms with Gasteiger partial charge in [0.15, 0.2) is 9.84 Å². The lowest BCUT2D eigenvalue weighted by molar-refractivity contribution is 0.310. The first kappa shape index (κ1) is 14.9. The van der Waals surface area contributed by atoms with Crippen molar-refractivity contribution in [1.29, 1.82) is 0 Å². The fourth-order valence-electron chi connectivity index (χ4n) is 3.85. The van der Waals surface area contributed by atoms with Crippen LogP contribution >= 0.6 is 0 Å². The molecule has 0 aliphatic carbocycles. The highest BCUT2D eigenvalue weighted by Crippen LogP contribution is 2.26. The molecular formula is C22H26N2O2S. The molecule has 1 aliphatic rings. The molecule has 1 aromatic heterocycles. The van der Waals surface area contributed by atoms with Gasteiger partial charge in [-0.25, -0.2) is 8.42 Å². The van der Waals surface area contributed by atoms with Crippen LogP contribution in [0.2, 0.25) is 0 Å². The molecule has 0 bridgehead atoms. The molecule has 142 valence electrons. The van der Waals surface area contributed by atoms with Gasteiger partial charge in [0.1, 0.15) is 0 Å². The molecule has 0 spiro atoms. The number of fused-ring (bicyclic) bond motifs is 1. The summed E-state index contributed by atoms with van der Waals surface area (Å²) in [5.74, 6) is 0.0533. The molecule has 0 radical (unpaired) electrons. The molecule has 1 saturated heterocycles. The minimum Gasteiger partial charge on any atom is -0.361 e. The van der Waals surface area contributed by atoms with Gasteiger partial charge >= 0.3 is 0 Å². The molecule has 0 amide bonds. The van der Waals surface area contributed by atoms with Gasteiger partial charge in [-0.2, -0.15) is 0 Å². The third-order valence-electron chi connectivity index (χ3n) is 5.43. The Morgan fingerprint density at radius 3 is 2.89 bits per heavy atom. The first-order valence-electron chi connectivity index (χ1n) is 10.9. The van der Waals surface area contributed by atoms with Gasteiger partial charge in [0.2, 0.25) is 0 Å². The van der Waals surface area contributed by atoms with E-state index in [9.17, 15) is 8.42 Å². The quantitative estimate of drug-likeness (QED) is 0.698. The van der Waals surface area contributed by atoms with E-state index in [0.717, 1.165) is 34.9 Å². The van der Waals surface area contributed by atoms with Crippen molar-refractivity contribution < 1.29 is 12.5 Å². The summed E-state index contributed by atoms with van der Waals surface area (Å²) in [5.41, 5.74) is 3.03. The highest BCUT2D eigenvalue weighted by atomic mass is 32.2. The summed E-state index contributed by atoms with van der Waals surface area (Å²) in [6, 6.07) is 14.5. The average Bonchev–Trinajstić information content (AvgIpc) is 3.34. The molecule has 0 saturated carbocycles. The number of nitrogens with zero attached hydrogens (tertiary/aromatic N) is 1. The molecule has 4 nitrogen and oxygen atoms in total. The number of sulfone groups is 1. The van der Waals surface area contributed by atoms with E-state index in [0.29, 0.717) is 24.3 Å². The maximum absolute atomic E-state index is 12.6. The third kappa shape index (κ3) is 3.94. The third-order valence-corrected chi connectivity index (χ3v) is 7.16. The van der Waals surface area contributed by atoms with Crippen molar-refractivity contribution >= 4 is 20.7 Å². The van der Waals surface area contributed by atoms with Crippen LogP contribution in [-0.2, 0) is 22.7 Å². The number of likely N-dealkylation sites (N-methyl/N-ethyl adjacent to an activating group) is 1. The van der Waals surface area contributed by atoms with E-state index in [4.69, 9.17) is 4.11 Å². The predicted octanol–water partition coefficient (Wildman–Crippen LogP) is 3.82. The minimum atomic E-state index is -3.33. The number of likely N-dealkylation sites (tertiary alicyclic amines) is 1. The Balaban J connectivity index is 1.52. The number of aromatic amines is 1. The molecule has 2 aromatic carbocycles. The van der Waals surface area contributed by atoms with E-state index in [1.165, 1.54) is 0 Å². The predicted molar refractivity (Wildman–Crippen MR) is 110 cm³/mol. The summed E-state index contributed by atoms with van der Waals surface area (Å²) in [6.07, 6.45) is 4.83. The second kappa shape index (κ2) is 7.49. The van der Waals surface area contributed by atoms with Gasteiger partial charge in [-0.15, -0.1) is 0 Å². The standard InChI is InChI=1S/C22H26N2O2S/c1-24-12-5-6-19(24)15-18-16-23-22-10-9-17(14-21(18)22)11-13-27(25,26)20-7-3-2-4-8-20/h2-4,7-10,14,16,19,23H,5-6,11-13,15H2,1H3/t19-/m1/s1/i1T3. The SMILES string of the molecule is [3H]C([3H])([3H])N1CCC[C@@H]1Cc1c[nH]c2ccc(CCS(=O)(=O)c3ccccc3)cc12. The number of rotatable bonds is 6. The Morgan fingerprint density at radius 1 is 1.22 bits per heavy atom. The van der Waals surface area contributed by atoms with E-state index in [1.54, 1.807) is 35.2 Å². The Bertz CT molecular complexity index is 1120. The summed E-state index contributed by atoms with van der Waals surface area (Å²) >= 11 is 0. The van der Waals surface area contributed by atoms with Crippen molar-refractivity contribution in [2.75, 3.05) is 19.3 Å². The van der Waals surface area contributed by atoms with Crippen molar-refractivity contribution in [2.45, 2.75) is 36.6 Å². The van der Waals surface area contributed by atoms with E-state index in [1.807, 2.05) is 24.4 Å². The second-order valence-electron chi connectivity index (χ2n) is 7.27. The van der Waals surface area contributed by atoms with Crippen molar-refractivity contribution in [2.24, 2.45) is 0 Å². The van der Waals surface area contributed by atoms with Gasteiger partial charge in [0.25, 0.3) is 0 Å². The Kier molecular flexibility index (Phi) is 4.13. The van der Waals surface area contributed by atoms with Gasteiger partial charge < -0.3 is 9.88 Å². The van der Waals surface area contributed by atoms with Crippen LogP contribution in [0.4, 0.5) is 0 Å². The Labute approximate surface area is 165 Å². The summed E-state index contributed by atoms with van der Waals surface area (Å²) < 4.78 is 48.5. The summed E-state index contributed by atoms with van der Waals surface area (Å²) in [7, 11) is -3.33. The number of aryl methyl sites for hydroxylation is 1. The number of H-pyrrole nitrogens is 1. The zero-order valence-corrected chi connectivity index (χ0v) is 16.0. The molecule has 5 heteroatoms. The highest BCUT2D eigenvalue weighted by Gasteiger charge is 2.22. The number of benzene rings is 2. The van der Waals surface area contributed by atoms with Crippen molar-refractivity contribution in [3.05, 3.63) is 65.9 Å². The molecule has 3 aromatic rings. The van der Waals surface area contributed by atoms with Gasteiger partial charge in [0, 0.05) is 27.3 Å². The zero-order chi connectivity index (χ0) is 21.4. The lowest BCUT2D eigenvalue weighted by Crippen LogP contribution is -2.26. The number of hydrogen-bond acceptors (Lipinski definition) is 3. The fraction of sp³-hybridized carbons (Fsp3) is 0.364. The number of nitrogens with one attached hydrogen (secondary N) is 1. The average molecular weight is 389 g/mol. The topological polar surface area (TPSA) is 53.2 Å². The van der Waals surface area contributed by atoms with Crippen LogP contribution in [0.25, 0.3) is 10.9 Å². The molecule has 1 fully saturated rings. The van der Waals surface area contributed by atoms with Gasteiger partial charge in [-0.3, -0.25) is 0 Å². The fourth-order valence-corrected chi connectivity index (χ4v) is 5.16. The van der Waals surface area contributed by atoms with Crippen LogP contribution in [0, 0.1) is 0 Å². The van der Waals surface area contributed by atoms with E-state index >= 15 is 0 Å². The summed E-state index contributed by atoms with van der Waals surface area (Å²) in [4.78, 5) is 5.24. The van der Waals surface area contributed by atoms with E-state index < -0.39 is 16.8 Å². The maximum Gasteiger partial charge on any atom is 0.178 e. The van der Waals surface area contributed by atoms with Crippen molar-refractivity contribution in [3.63, 3.8) is 0 Å². The lowest BCUT2D eigenvalue weighted by atomic mass is 10.0. The molecule has 4 rings (SSSR count). The largest absolute Gasteiger partial charge is 0.361 e. The Morgan fingerprint density at radius 2 is 2.07 bits per heavy atom. The van der Waals surface area contributed by atoms with Crippen LogP contribution in [0.15, 0.2) is 59.6 Å². The molecule has 1 atom stereocenters. The van der Waals surface area contributed by atoms with E-state index in [-0.39, 0.29) is 11.8 Å². The molecule has 27 heavy (non-hydrogen) atoms. The molecule has 1 aliphatic heterocycles. The van der Waals surface area contributed by atoms with Crippen LogP contribution < -0.4 is 0 Å². The van der Waals surface area contributed by atoms with Crippen LogP contribution in [0.3, 0.4) is 0 Å². The monoisotopic (exact) mass is 388 g/mol. The van der Waals surface area contributed by atoms with Crippen LogP contribution in [-0.4, -0.2) is 43.6 Å². The smallest absolute Gasteiger partial charge is 0.178 e. The number of hydrogen-bond donors (Lipinski definition) is 1.